The van der Waals surface area contributed by atoms with Crippen molar-refractivity contribution < 1.29 is 14.6 Å². The number of phenols is 1. The molecule has 6 heteroatoms. The highest BCUT2D eigenvalue weighted by Gasteiger charge is 2.21. The van der Waals surface area contributed by atoms with E-state index in [0.29, 0.717) is 23.2 Å². The Labute approximate surface area is 107 Å². The van der Waals surface area contributed by atoms with Crippen LogP contribution in [0.3, 0.4) is 0 Å². The second-order valence-electron chi connectivity index (χ2n) is 3.76. The van der Waals surface area contributed by atoms with E-state index in [1.807, 2.05) is 0 Å². The van der Waals surface area contributed by atoms with E-state index in [0.717, 1.165) is 5.56 Å². The Hall–Kier alpha value is -1.27. The van der Waals surface area contributed by atoms with Gasteiger partial charge in [-0.2, -0.15) is 0 Å². The van der Waals surface area contributed by atoms with Gasteiger partial charge >= 0.3 is 0 Å². The molecule has 1 heterocycles. The predicted octanol–water partition coefficient (Wildman–Crippen LogP) is 1.27. The third kappa shape index (κ3) is 2.53. The zero-order valence-electron chi connectivity index (χ0n) is 9.29. The number of hydrogen-bond donors (Lipinski definition) is 3. The summed E-state index contributed by atoms with van der Waals surface area (Å²) in [4.78, 5) is 11.3. The molecule has 0 spiro atoms. The van der Waals surface area contributed by atoms with E-state index in [-0.39, 0.29) is 17.8 Å². The molecular formula is C11H13BrN2O3. The lowest BCUT2D eigenvalue weighted by Crippen LogP contribution is -2.44. The van der Waals surface area contributed by atoms with Crippen molar-refractivity contribution in [2.45, 2.75) is 12.6 Å². The smallest absolute Gasteiger partial charge is 0.222 e. The normalized spacial score (nSPS) is 19.9. The third-order valence-corrected chi connectivity index (χ3v) is 3.21. The van der Waals surface area contributed by atoms with Gasteiger partial charge in [-0.1, -0.05) is 0 Å². The summed E-state index contributed by atoms with van der Waals surface area (Å²) in [6.45, 7) is 0.636. The molecule has 1 saturated heterocycles. The van der Waals surface area contributed by atoms with Crippen LogP contribution in [-0.2, 0) is 4.79 Å². The molecule has 1 aromatic carbocycles. The lowest BCUT2D eigenvalue weighted by atomic mass is 10.1. The van der Waals surface area contributed by atoms with Crippen LogP contribution in [0.5, 0.6) is 11.5 Å². The first kappa shape index (κ1) is 12.2. The van der Waals surface area contributed by atoms with Gasteiger partial charge in [-0.15, -0.1) is 0 Å². The lowest BCUT2D eigenvalue weighted by Gasteiger charge is -2.25. The average molecular weight is 301 g/mol. The minimum atomic E-state index is -0.248. The SMILES string of the molecule is COc1cc([C@@H]2NCCC(=O)N2)cc(Br)c1O. The maximum atomic E-state index is 11.3. The average Bonchev–Trinajstić information content (AvgIpc) is 2.32. The fourth-order valence-corrected chi connectivity index (χ4v) is 2.19. The number of hydrogen-bond acceptors (Lipinski definition) is 4. The summed E-state index contributed by atoms with van der Waals surface area (Å²) >= 11 is 3.25. The van der Waals surface area contributed by atoms with E-state index < -0.39 is 0 Å². The second-order valence-corrected chi connectivity index (χ2v) is 4.61. The highest BCUT2D eigenvalue weighted by Crippen LogP contribution is 2.36. The predicted molar refractivity (Wildman–Crippen MR) is 65.9 cm³/mol. The molecule has 1 aliphatic heterocycles. The van der Waals surface area contributed by atoms with Crippen LogP contribution in [0.25, 0.3) is 0 Å². The van der Waals surface area contributed by atoms with Crippen molar-refractivity contribution in [3.8, 4) is 11.5 Å². The molecule has 1 amide bonds. The molecule has 2 rings (SSSR count). The van der Waals surface area contributed by atoms with Crippen molar-refractivity contribution in [1.29, 1.82) is 0 Å². The highest BCUT2D eigenvalue weighted by molar-refractivity contribution is 9.10. The van der Waals surface area contributed by atoms with Crippen molar-refractivity contribution in [2.24, 2.45) is 0 Å². The number of amides is 1. The van der Waals surface area contributed by atoms with Gasteiger partial charge in [0.25, 0.3) is 0 Å². The first-order chi connectivity index (χ1) is 8.11. The number of nitrogens with one attached hydrogen (secondary N) is 2. The van der Waals surface area contributed by atoms with Crippen molar-refractivity contribution in [1.82, 2.24) is 10.6 Å². The maximum absolute atomic E-state index is 11.3. The fourth-order valence-electron chi connectivity index (χ4n) is 1.73. The van der Waals surface area contributed by atoms with Crippen LogP contribution in [0, 0.1) is 0 Å². The van der Waals surface area contributed by atoms with Gasteiger partial charge in [0.1, 0.15) is 6.17 Å². The zero-order chi connectivity index (χ0) is 12.4. The number of ether oxygens (including phenoxy) is 1. The molecule has 1 aliphatic rings. The fraction of sp³-hybridized carbons (Fsp3) is 0.364. The molecule has 1 aromatic rings. The summed E-state index contributed by atoms with van der Waals surface area (Å²) in [5.74, 6) is 0.436. The van der Waals surface area contributed by atoms with E-state index in [1.54, 1.807) is 12.1 Å². The van der Waals surface area contributed by atoms with E-state index in [4.69, 9.17) is 4.74 Å². The molecule has 0 bridgehead atoms. The second kappa shape index (κ2) is 4.93. The Bertz CT molecular complexity index is 451. The van der Waals surface area contributed by atoms with Crippen LogP contribution >= 0.6 is 15.9 Å². The minimum absolute atomic E-state index is 0.0110. The standard InChI is InChI=1S/C11H13BrN2O3/c1-17-8-5-6(4-7(12)10(8)16)11-13-3-2-9(15)14-11/h4-5,11,13,16H,2-3H2,1H3,(H,14,15)/t11-/m1/s1. The van der Waals surface area contributed by atoms with Crippen molar-refractivity contribution in [2.75, 3.05) is 13.7 Å². The number of benzene rings is 1. The van der Waals surface area contributed by atoms with Gasteiger partial charge in [0.05, 0.1) is 11.6 Å². The van der Waals surface area contributed by atoms with Gasteiger partial charge in [-0.05, 0) is 33.6 Å². The molecular weight excluding hydrogens is 288 g/mol. The van der Waals surface area contributed by atoms with E-state index in [9.17, 15) is 9.90 Å². The lowest BCUT2D eigenvalue weighted by molar-refractivity contribution is -0.123. The topological polar surface area (TPSA) is 70.6 Å². The molecule has 5 nitrogen and oxygen atoms in total. The molecule has 0 aromatic heterocycles. The van der Waals surface area contributed by atoms with Crippen molar-refractivity contribution in [3.05, 3.63) is 22.2 Å². The molecule has 17 heavy (non-hydrogen) atoms. The van der Waals surface area contributed by atoms with Crippen molar-refractivity contribution in [3.63, 3.8) is 0 Å². The third-order valence-electron chi connectivity index (χ3n) is 2.61. The molecule has 1 fully saturated rings. The van der Waals surface area contributed by atoms with Crippen LogP contribution in [-0.4, -0.2) is 24.7 Å². The van der Waals surface area contributed by atoms with Gasteiger partial charge < -0.3 is 15.2 Å². The van der Waals surface area contributed by atoms with Gasteiger partial charge in [-0.25, -0.2) is 0 Å². The van der Waals surface area contributed by atoms with Gasteiger partial charge in [0.2, 0.25) is 5.91 Å². The summed E-state index contributed by atoms with van der Waals surface area (Å²) in [5, 5.41) is 15.7. The van der Waals surface area contributed by atoms with Crippen LogP contribution in [0.15, 0.2) is 16.6 Å². The summed E-state index contributed by atoms with van der Waals surface area (Å²) in [5.41, 5.74) is 0.833. The van der Waals surface area contributed by atoms with Crippen molar-refractivity contribution >= 4 is 21.8 Å². The summed E-state index contributed by atoms with van der Waals surface area (Å²) < 4.78 is 5.60. The summed E-state index contributed by atoms with van der Waals surface area (Å²) in [6.07, 6.45) is 0.231. The zero-order valence-corrected chi connectivity index (χ0v) is 10.9. The Morgan fingerprint density at radius 2 is 2.29 bits per heavy atom. The molecule has 1 atom stereocenters. The molecule has 0 aliphatic carbocycles. The Morgan fingerprint density at radius 3 is 2.94 bits per heavy atom. The molecule has 0 unspecified atom stereocenters. The number of phenolic OH excluding ortho intramolecular Hbond substituents is 1. The van der Waals surface area contributed by atoms with Crippen LogP contribution in [0.2, 0.25) is 0 Å². The Morgan fingerprint density at radius 1 is 1.53 bits per heavy atom. The number of carbonyl (C=O) groups excluding carboxylic acids is 1. The van der Waals surface area contributed by atoms with E-state index >= 15 is 0 Å². The maximum Gasteiger partial charge on any atom is 0.222 e. The number of aromatic hydroxyl groups is 1. The van der Waals surface area contributed by atoms with E-state index in [2.05, 4.69) is 26.6 Å². The number of halogens is 1. The van der Waals surface area contributed by atoms with Crippen LogP contribution in [0.1, 0.15) is 18.2 Å². The molecule has 0 radical (unpaired) electrons. The Kier molecular flexibility index (Phi) is 3.54. The van der Waals surface area contributed by atoms with Gasteiger partial charge in [0, 0.05) is 13.0 Å². The largest absolute Gasteiger partial charge is 0.503 e. The number of methoxy groups -OCH3 is 1. The number of carbonyl (C=O) groups is 1. The van der Waals surface area contributed by atoms with Gasteiger partial charge in [0.15, 0.2) is 11.5 Å². The van der Waals surface area contributed by atoms with Crippen LogP contribution in [0.4, 0.5) is 0 Å². The molecule has 0 saturated carbocycles. The molecule has 3 N–H and O–H groups in total. The minimum Gasteiger partial charge on any atom is -0.503 e. The van der Waals surface area contributed by atoms with Crippen LogP contribution < -0.4 is 15.4 Å². The summed E-state index contributed by atoms with van der Waals surface area (Å²) in [7, 11) is 1.48. The van der Waals surface area contributed by atoms with E-state index in [1.165, 1.54) is 7.11 Å². The molecule has 92 valence electrons. The quantitative estimate of drug-likeness (QED) is 0.769. The highest BCUT2D eigenvalue weighted by atomic mass is 79.9. The monoisotopic (exact) mass is 300 g/mol. The Balaban J connectivity index is 2.32. The summed E-state index contributed by atoms with van der Waals surface area (Å²) in [6, 6.07) is 3.45. The first-order valence-corrected chi connectivity index (χ1v) is 6.00. The van der Waals surface area contributed by atoms with Gasteiger partial charge in [-0.3, -0.25) is 10.1 Å². The first-order valence-electron chi connectivity index (χ1n) is 5.21. The number of rotatable bonds is 2.